The maximum atomic E-state index is 9.88. The highest BCUT2D eigenvalue weighted by Crippen LogP contribution is 2.38. The summed E-state index contributed by atoms with van der Waals surface area (Å²) >= 11 is 7.03. The molecule has 3 aliphatic rings. The van der Waals surface area contributed by atoms with Crippen molar-refractivity contribution in [3.05, 3.63) is 34.5 Å². The predicted molar refractivity (Wildman–Crippen MR) is 161 cm³/mol. The molecule has 2 aliphatic heterocycles. The van der Waals surface area contributed by atoms with Gasteiger partial charge in [-0.05, 0) is 57.8 Å². The van der Waals surface area contributed by atoms with Crippen LogP contribution in [0.1, 0.15) is 43.7 Å². The van der Waals surface area contributed by atoms with Gasteiger partial charge in [-0.1, -0.05) is 11.6 Å². The molecule has 1 aromatic carbocycles. The van der Waals surface area contributed by atoms with Crippen LogP contribution in [0.25, 0.3) is 5.65 Å². The van der Waals surface area contributed by atoms with Crippen LogP contribution in [0.3, 0.4) is 0 Å². The summed E-state index contributed by atoms with van der Waals surface area (Å²) in [7, 11) is 1.76. The van der Waals surface area contributed by atoms with Gasteiger partial charge in [-0.2, -0.15) is 30.1 Å². The third-order valence-corrected chi connectivity index (χ3v) is 8.88. The number of likely N-dealkylation sites (tertiary alicyclic amines) is 1. The molecule has 1 aliphatic carbocycles. The second kappa shape index (κ2) is 12.3. The Kier molecular flexibility index (Phi) is 8.31. The van der Waals surface area contributed by atoms with Gasteiger partial charge in [0.1, 0.15) is 11.6 Å². The van der Waals surface area contributed by atoms with E-state index in [1.54, 1.807) is 17.7 Å². The van der Waals surface area contributed by atoms with E-state index in [2.05, 4.69) is 59.5 Å². The van der Waals surface area contributed by atoms with Crippen LogP contribution in [0.4, 0.5) is 23.3 Å². The number of ether oxygens (including phenoxy) is 1. The zero-order valence-corrected chi connectivity index (χ0v) is 24.8. The van der Waals surface area contributed by atoms with Crippen LogP contribution in [-0.2, 0) is 4.74 Å². The third-order valence-electron chi connectivity index (χ3n) is 8.48. The number of piperidine rings is 1. The van der Waals surface area contributed by atoms with Gasteiger partial charge in [-0.3, -0.25) is 4.90 Å². The van der Waals surface area contributed by atoms with Gasteiger partial charge in [0.2, 0.25) is 11.9 Å². The maximum absolute atomic E-state index is 9.88. The summed E-state index contributed by atoms with van der Waals surface area (Å²) in [5.41, 5.74) is 2.61. The summed E-state index contributed by atoms with van der Waals surface area (Å²) in [6, 6.07) is 9.13. The van der Waals surface area contributed by atoms with E-state index in [0.29, 0.717) is 45.5 Å². The van der Waals surface area contributed by atoms with Crippen LogP contribution >= 0.6 is 11.6 Å². The number of methoxy groups -OCH3 is 1. The van der Waals surface area contributed by atoms with Crippen molar-refractivity contribution in [3.8, 4) is 12.1 Å². The number of fused-ring (bicyclic) bond motifs is 1. The lowest BCUT2D eigenvalue weighted by Gasteiger charge is -2.46. The Morgan fingerprint density at radius 3 is 2.57 bits per heavy atom. The van der Waals surface area contributed by atoms with E-state index in [1.807, 2.05) is 6.07 Å². The molecule has 3 aromatic rings. The van der Waals surface area contributed by atoms with Crippen LogP contribution in [0.15, 0.2) is 18.3 Å². The summed E-state index contributed by atoms with van der Waals surface area (Å²) in [5, 5.41) is 30.9. The van der Waals surface area contributed by atoms with Gasteiger partial charge in [0, 0.05) is 51.4 Å². The van der Waals surface area contributed by atoms with E-state index >= 15 is 0 Å². The number of nitrogens with one attached hydrogen (secondary N) is 2. The fourth-order valence-corrected chi connectivity index (χ4v) is 6.28. The van der Waals surface area contributed by atoms with Crippen LogP contribution < -0.4 is 15.5 Å². The number of nitrogens with zero attached hydrogens (tertiary/aromatic N) is 9. The molecule has 42 heavy (non-hydrogen) atoms. The summed E-state index contributed by atoms with van der Waals surface area (Å²) in [4.78, 5) is 16.6. The first-order valence-corrected chi connectivity index (χ1v) is 15.0. The molecule has 2 N–H and O–H groups in total. The monoisotopic (exact) mass is 589 g/mol. The lowest BCUT2D eigenvalue weighted by atomic mass is 10.0. The van der Waals surface area contributed by atoms with Gasteiger partial charge in [-0.15, -0.1) is 0 Å². The van der Waals surface area contributed by atoms with Crippen molar-refractivity contribution in [3.63, 3.8) is 0 Å². The molecule has 1 saturated carbocycles. The number of hydrogen-bond donors (Lipinski definition) is 2. The molecule has 0 unspecified atom stereocenters. The topological polar surface area (TPSA) is 134 Å². The Labute approximate surface area is 250 Å². The minimum Gasteiger partial charge on any atom is -0.383 e. The lowest BCUT2D eigenvalue weighted by molar-refractivity contribution is 0.0772. The molecule has 0 amide bonds. The third kappa shape index (κ3) is 5.94. The van der Waals surface area contributed by atoms with E-state index in [0.717, 1.165) is 64.4 Å². The van der Waals surface area contributed by atoms with E-state index in [-0.39, 0.29) is 12.0 Å². The van der Waals surface area contributed by atoms with Crippen molar-refractivity contribution in [2.75, 3.05) is 68.5 Å². The molecular weight excluding hydrogens is 554 g/mol. The zero-order valence-electron chi connectivity index (χ0n) is 24.1. The summed E-state index contributed by atoms with van der Waals surface area (Å²) in [6.45, 7) is 8.91. The van der Waals surface area contributed by atoms with Gasteiger partial charge >= 0.3 is 0 Å². The van der Waals surface area contributed by atoms with Crippen molar-refractivity contribution >= 4 is 40.5 Å². The number of halogens is 1. The molecule has 0 bridgehead atoms. The average Bonchev–Trinajstić information content (AvgIpc) is 3.73. The highest BCUT2D eigenvalue weighted by molar-refractivity contribution is 6.36. The van der Waals surface area contributed by atoms with Gasteiger partial charge in [0.05, 0.1) is 40.8 Å². The number of piperazine rings is 1. The fourth-order valence-electron chi connectivity index (χ4n) is 6.01. The number of benzene rings is 1. The second-order valence-corrected chi connectivity index (χ2v) is 11.8. The first kappa shape index (κ1) is 28.4. The highest BCUT2D eigenvalue weighted by Gasteiger charge is 2.32. The summed E-state index contributed by atoms with van der Waals surface area (Å²) < 4.78 is 6.80. The van der Waals surface area contributed by atoms with E-state index in [4.69, 9.17) is 16.3 Å². The molecular formula is C29H36ClN11O. The Balaban J connectivity index is 1.21. The molecule has 0 spiro atoms. The zero-order chi connectivity index (χ0) is 29.2. The van der Waals surface area contributed by atoms with Crippen molar-refractivity contribution in [1.82, 2.24) is 29.4 Å². The SMILES string of the molecule is COCCN1CCC(N2CCN(c3cc(C#N)cc(Nc4nc(NC5CC5)n5ncc(C#N)c5n4)c3Cl)[C@@H](C)C2)CC1. The molecule has 13 heteroatoms. The van der Waals surface area contributed by atoms with Crippen LogP contribution in [0.5, 0.6) is 0 Å². The molecule has 220 valence electrons. The van der Waals surface area contributed by atoms with Crippen molar-refractivity contribution < 1.29 is 4.74 Å². The Hall–Kier alpha value is -3.68. The van der Waals surface area contributed by atoms with E-state index in [1.165, 1.54) is 19.0 Å². The largest absolute Gasteiger partial charge is 0.383 e. The Morgan fingerprint density at radius 2 is 1.88 bits per heavy atom. The summed E-state index contributed by atoms with van der Waals surface area (Å²) in [5.74, 6) is 0.786. The van der Waals surface area contributed by atoms with Crippen LogP contribution in [0, 0.1) is 22.7 Å². The van der Waals surface area contributed by atoms with Gasteiger partial charge in [0.25, 0.3) is 0 Å². The molecule has 3 fully saturated rings. The molecule has 1 atom stereocenters. The van der Waals surface area contributed by atoms with E-state index < -0.39 is 0 Å². The minimum absolute atomic E-state index is 0.219. The summed E-state index contributed by atoms with van der Waals surface area (Å²) in [6.07, 6.45) is 5.93. The minimum atomic E-state index is 0.219. The second-order valence-electron chi connectivity index (χ2n) is 11.4. The lowest BCUT2D eigenvalue weighted by Crippen LogP contribution is -2.57. The first-order valence-electron chi connectivity index (χ1n) is 14.6. The Morgan fingerprint density at radius 1 is 1.07 bits per heavy atom. The number of anilines is 4. The molecule has 12 nitrogen and oxygen atoms in total. The smallest absolute Gasteiger partial charge is 0.232 e. The number of aromatic nitrogens is 4. The molecule has 0 radical (unpaired) electrons. The van der Waals surface area contributed by atoms with Crippen molar-refractivity contribution in [2.24, 2.45) is 0 Å². The maximum Gasteiger partial charge on any atom is 0.232 e. The average molecular weight is 590 g/mol. The van der Waals surface area contributed by atoms with E-state index in [9.17, 15) is 10.5 Å². The van der Waals surface area contributed by atoms with Crippen LogP contribution in [0.2, 0.25) is 5.02 Å². The molecule has 4 heterocycles. The van der Waals surface area contributed by atoms with Crippen molar-refractivity contribution in [1.29, 1.82) is 10.5 Å². The number of nitriles is 2. The fraction of sp³-hybridized carbons (Fsp3) is 0.552. The van der Waals surface area contributed by atoms with Gasteiger partial charge < -0.3 is 25.2 Å². The van der Waals surface area contributed by atoms with Crippen molar-refractivity contribution in [2.45, 2.75) is 50.7 Å². The number of rotatable bonds is 9. The molecule has 2 aromatic heterocycles. The van der Waals surface area contributed by atoms with Crippen LogP contribution in [-0.4, -0.2) is 100 Å². The molecule has 6 rings (SSSR count). The van der Waals surface area contributed by atoms with Gasteiger partial charge in [0.15, 0.2) is 5.65 Å². The quantitative estimate of drug-likeness (QED) is 0.380. The van der Waals surface area contributed by atoms with Gasteiger partial charge in [-0.25, -0.2) is 0 Å². The first-order chi connectivity index (χ1) is 20.5. The standard InChI is InChI=1S/C29H36ClN11O/c1-19-18-39(23-5-7-38(8-6-23)11-12-42-2)9-10-40(19)25-14-20(15-31)13-24(26(25)30)35-28-36-27-21(16-32)17-33-41(27)29(37-28)34-22-3-4-22/h13-14,17,19,22-23H,3-12,18H2,1-2H3,(H2,34,35,36,37)/t19-/m0/s1. The molecule has 2 saturated heterocycles. The normalized spacial score (nSPS) is 20.4. The predicted octanol–water partition coefficient (Wildman–Crippen LogP) is 3.46. The number of hydrogen-bond acceptors (Lipinski definition) is 11. The highest BCUT2D eigenvalue weighted by atomic mass is 35.5. The Bertz CT molecular complexity index is 1520.